The van der Waals surface area contributed by atoms with Crippen LogP contribution in [0.3, 0.4) is 0 Å². The monoisotopic (exact) mass is 242 g/mol. The van der Waals surface area contributed by atoms with Crippen molar-refractivity contribution in [2.75, 3.05) is 0 Å². The maximum atomic E-state index is 10.9. The molecule has 1 aliphatic heterocycles. The molecule has 0 amide bonds. The number of carbonyl (C=O) groups excluding carboxylic acids is 1. The molecule has 2 rings (SSSR count). The van der Waals surface area contributed by atoms with Crippen molar-refractivity contribution in [2.45, 2.75) is 26.3 Å². The summed E-state index contributed by atoms with van der Waals surface area (Å²) in [6.45, 7) is 7.98. The first-order valence-electron chi connectivity index (χ1n) is 6.19. The van der Waals surface area contributed by atoms with E-state index in [4.69, 9.17) is 0 Å². The van der Waals surface area contributed by atoms with Crippen molar-refractivity contribution in [2.24, 2.45) is 11.0 Å². The average molecular weight is 242 g/mol. The second-order valence-corrected chi connectivity index (χ2v) is 4.73. The molecule has 0 aliphatic carbocycles. The van der Waals surface area contributed by atoms with Gasteiger partial charge in [0, 0.05) is 18.0 Å². The summed E-state index contributed by atoms with van der Waals surface area (Å²) in [6.07, 6.45) is 1.76. The van der Waals surface area contributed by atoms with E-state index in [1.807, 2.05) is 37.3 Å². The third kappa shape index (κ3) is 2.35. The number of hydrogen-bond donors (Lipinski definition) is 0. The van der Waals surface area contributed by atoms with Crippen molar-refractivity contribution in [3.8, 4) is 0 Å². The zero-order valence-electron chi connectivity index (χ0n) is 10.8. The Kier molecular flexibility index (Phi) is 3.60. The highest BCUT2D eigenvalue weighted by Gasteiger charge is 2.26. The largest absolute Gasteiger partial charge is 0.301 e. The lowest BCUT2D eigenvalue weighted by Gasteiger charge is -2.33. The number of rotatable bonds is 3. The quantitative estimate of drug-likeness (QED) is 0.763. The fourth-order valence-electron chi connectivity index (χ4n) is 2.09. The Hall–Kier alpha value is -1.90. The molecule has 1 heterocycles. The van der Waals surface area contributed by atoms with E-state index >= 15 is 0 Å². The lowest BCUT2D eigenvalue weighted by atomic mass is 9.94. The van der Waals surface area contributed by atoms with Crippen LogP contribution in [0.2, 0.25) is 0 Å². The van der Waals surface area contributed by atoms with E-state index in [0.29, 0.717) is 5.92 Å². The third-order valence-electron chi connectivity index (χ3n) is 3.28. The zero-order valence-corrected chi connectivity index (χ0v) is 10.8. The summed E-state index contributed by atoms with van der Waals surface area (Å²) in [6, 6.07) is 9.81. The predicted octanol–water partition coefficient (Wildman–Crippen LogP) is 2.83. The molecule has 3 nitrogen and oxygen atoms in total. The second kappa shape index (κ2) is 5.17. The second-order valence-electron chi connectivity index (χ2n) is 4.73. The standard InChI is InChI=1S/C15H18N2O/c1-11-9-15(14-7-5-4-6-8-14)16-17(13(11)3)12(2)10-18/h4-8,10-12H,3,9H2,1-2H3. The fraction of sp³-hybridized carbons (Fsp3) is 0.333. The third-order valence-corrected chi connectivity index (χ3v) is 3.28. The number of hydrazone groups is 1. The SMILES string of the molecule is C=C1C(C)CC(c2ccccc2)=NN1C(C)C=O. The van der Waals surface area contributed by atoms with E-state index in [2.05, 4.69) is 18.6 Å². The molecular formula is C15H18N2O. The van der Waals surface area contributed by atoms with Crippen LogP contribution >= 0.6 is 0 Å². The molecule has 0 radical (unpaired) electrons. The maximum absolute atomic E-state index is 10.9. The number of nitrogens with zero attached hydrogens (tertiary/aromatic N) is 2. The Morgan fingerprint density at radius 3 is 2.72 bits per heavy atom. The van der Waals surface area contributed by atoms with Crippen LogP contribution < -0.4 is 0 Å². The Bertz CT molecular complexity index is 479. The molecule has 0 saturated heterocycles. The van der Waals surface area contributed by atoms with Gasteiger partial charge >= 0.3 is 0 Å². The van der Waals surface area contributed by atoms with Gasteiger partial charge in [-0.15, -0.1) is 0 Å². The summed E-state index contributed by atoms with van der Waals surface area (Å²) < 4.78 is 0. The smallest absolute Gasteiger partial charge is 0.144 e. The molecule has 1 aliphatic rings. The Morgan fingerprint density at radius 1 is 1.44 bits per heavy atom. The predicted molar refractivity (Wildman–Crippen MR) is 73.3 cm³/mol. The van der Waals surface area contributed by atoms with Crippen LogP contribution in [0.5, 0.6) is 0 Å². The van der Waals surface area contributed by atoms with Crippen LogP contribution in [0.1, 0.15) is 25.8 Å². The molecule has 2 atom stereocenters. The maximum Gasteiger partial charge on any atom is 0.144 e. The van der Waals surface area contributed by atoms with Gasteiger partial charge in [-0.3, -0.25) is 5.01 Å². The van der Waals surface area contributed by atoms with Crippen molar-refractivity contribution < 1.29 is 4.79 Å². The van der Waals surface area contributed by atoms with Gasteiger partial charge in [-0.1, -0.05) is 43.8 Å². The molecule has 0 fully saturated rings. The van der Waals surface area contributed by atoms with Crippen molar-refractivity contribution in [1.29, 1.82) is 0 Å². The van der Waals surface area contributed by atoms with Crippen molar-refractivity contribution in [3.63, 3.8) is 0 Å². The molecule has 94 valence electrons. The summed E-state index contributed by atoms with van der Waals surface area (Å²) in [5, 5.41) is 6.31. The molecule has 3 heteroatoms. The van der Waals surface area contributed by atoms with E-state index in [1.54, 1.807) is 5.01 Å². The topological polar surface area (TPSA) is 32.7 Å². The molecule has 1 aromatic rings. The summed E-state index contributed by atoms with van der Waals surface area (Å²) in [5.41, 5.74) is 3.04. The first kappa shape index (κ1) is 12.6. The lowest BCUT2D eigenvalue weighted by molar-refractivity contribution is -0.111. The van der Waals surface area contributed by atoms with Crippen molar-refractivity contribution >= 4 is 12.0 Å². The van der Waals surface area contributed by atoms with Crippen molar-refractivity contribution in [1.82, 2.24) is 5.01 Å². The van der Waals surface area contributed by atoms with Gasteiger partial charge in [0.2, 0.25) is 0 Å². The number of hydrogen-bond acceptors (Lipinski definition) is 3. The van der Waals surface area contributed by atoms with Gasteiger partial charge in [-0.2, -0.15) is 5.10 Å². The number of benzene rings is 1. The van der Waals surface area contributed by atoms with Gasteiger partial charge < -0.3 is 4.79 Å². The molecular weight excluding hydrogens is 224 g/mol. The van der Waals surface area contributed by atoms with E-state index in [1.165, 1.54) is 0 Å². The Labute approximate surface area is 108 Å². The summed E-state index contributed by atoms with van der Waals surface area (Å²) in [5.74, 6) is 0.306. The Balaban J connectivity index is 2.36. The molecule has 2 unspecified atom stereocenters. The molecule has 1 aromatic carbocycles. The average Bonchev–Trinajstić information content (AvgIpc) is 2.41. The highest BCUT2D eigenvalue weighted by atomic mass is 16.1. The molecule has 0 spiro atoms. The molecule has 18 heavy (non-hydrogen) atoms. The van der Waals surface area contributed by atoms with Crippen LogP contribution in [0.25, 0.3) is 0 Å². The van der Waals surface area contributed by atoms with E-state index in [9.17, 15) is 4.79 Å². The van der Waals surface area contributed by atoms with Crippen LogP contribution in [0.4, 0.5) is 0 Å². The van der Waals surface area contributed by atoms with Gasteiger partial charge in [0.15, 0.2) is 0 Å². The first-order chi connectivity index (χ1) is 8.63. The minimum absolute atomic E-state index is 0.265. The number of allylic oxidation sites excluding steroid dienone is 1. The molecule has 0 aromatic heterocycles. The van der Waals surface area contributed by atoms with E-state index in [-0.39, 0.29) is 6.04 Å². The lowest BCUT2D eigenvalue weighted by Crippen LogP contribution is -2.36. The highest BCUT2D eigenvalue weighted by molar-refractivity contribution is 6.01. The van der Waals surface area contributed by atoms with Gasteiger partial charge in [-0.25, -0.2) is 0 Å². The summed E-state index contributed by atoms with van der Waals surface area (Å²) in [4.78, 5) is 10.9. The van der Waals surface area contributed by atoms with Gasteiger partial charge in [0.25, 0.3) is 0 Å². The summed E-state index contributed by atoms with van der Waals surface area (Å²) >= 11 is 0. The number of aldehydes is 1. The normalized spacial score (nSPS) is 21.4. The van der Waals surface area contributed by atoms with Gasteiger partial charge in [0.05, 0.1) is 5.71 Å². The molecule has 0 bridgehead atoms. The molecule has 0 saturated carbocycles. The summed E-state index contributed by atoms with van der Waals surface area (Å²) in [7, 11) is 0. The van der Waals surface area contributed by atoms with Gasteiger partial charge in [0.1, 0.15) is 12.3 Å². The highest BCUT2D eigenvalue weighted by Crippen LogP contribution is 2.27. The fourth-order valence-corrected chi connectivity index (χ4v) is 2.09. The van der Waals surface area contributed by atoms with Crippen LogP contribution in [-0.4, -0.2) is 23.0 Å². The first-order valence-corrected chi connectivity index (χ1v) is 6.19. The van der Waals surface area contributed by atoms with E-state index in [0.717, 1.165) is 29.7 Å². The Morgan fingerprint density at radius 2 is 2.11 bits per heavy atom. The zero-order chi connectivity index (χ0) is 13.1. The van der Waals surface area contributed by atoms with Crippen molar-refractivity contribution in [3.05, 3.63) is 48.2 Å². The molecule has 0 N–H and O–H groups in total. The van der Waals surface area contributed by atoms with E-state index < -0.39 is 0 Å². The minimum Gasteiger partial charge on any atom is -0.301 e. The van der Waals surface area contributed by atoms with Gasteiger partial charge in [-0.05, 0) is 12.5 Å². The minimum atomic E-state index is -0.265. The number of carbonyl (C=O) groups is 1. The van der Waals surface area contributed by atoms with Crippen LogP contribution in [-0.2, 0) is 4.79 Å². The van der Waals surface area contributed by atoms with Crippen LogP contribution in [0, 0.1) is 5.92 Å². The van der Waals surface area contributed by atoms with Crippen LogP contribution in [0.15, 0.2) is 47.7 Å².